The first-order valence-electron chi connectivity index (χ1n) is 4.96. The maximum atomic E-state index is 9.82. The Hall–Kier alpha value is -1.26. The number of terminal acetylenes is 1. The molecule has 0 heterocycles. The minimum absolute atomic E-state index is 0.159. The van der Waals surface area contributed by atoms with E-state index in [4.69, 9.17) is 6.42 Å². The van der Waals surface area contributed by atoms with Crippen LogP contribution in [0, 0.1) is 12.3 Å². The molecule has 0 saturated carbocycles. The van der Waals surface area contributed by atoms with Gasteiger partial charge in [0.2, 0.25) is 0 Å². The van der Waals surface area contributed by atoms with Crippen LogP contribution in [0.4, 0.5) is 0 Å². The van der Waals surface area contributed by atoms with Crippen molar-refractivity contribution in [1.82, 2.24) is 0 Å². The molecule has 0 amide bonds. The van der Waals surface area contributed by atoms with Crippen molar-refractivity contribution < 1.29 is 5.11 Å². The lowest BCUT2D eigenvalue weighted by atomic mass is 9.89. The number of hydrogen-bond donors (Lipinski definition) is 1. The van der Waals surface area contributed by atoms with Crippen LogP contribution in [-0.4, -0.2) is 11.2 Å². The van der Waals surface area contributed by atoms with Crippen molar-refractivity contribution in [3.05, 3.63) is 35.9 Å². The molecule has 0 fully saturated rings. The van der Waals surface area contributed by atoms with Gasteiger partial charge in [0, 0.05) is 12.3 Å². The zero-order valence-electron chi connectivity index (χ0n) is 8.48. The molecule has 0 spiro atoms. The third kappa shape index (κ3) is 2.61. The summed E-state index contributed by atoms with van der Waals surface area (Å²) in [4.78, 5) is 0. The van der Waals surface area contributed by atoms with Gasteiger partial charge < -0.3 is 5.11 Å². The van der Waals surface area contributed by atoms with Gasteiger partial charge in [-0.1, -0.05) is 37.3 Å². The van der Waals surface area contributed by atoms with Crippen LogP contribution >= 0.6 is 0 Å². The maximum absolute atomic E-state index is 9.82. The smallest absolute Gasteiger partial charge is 0.0717 e. The summed E-state index contributed by atoms with van der Waals surface area (Å²) in [6, 6.07) is 10.0. The molecule has 0 aliphatic carbocycles. The topological polar surface area (TPSA) is 20.2 Å². The minimum atomic E-state index is -0.424. The summed E-state index contributed by atoms with van der Waals surface area (Å²) < 4.78 is 0. The molecule has 1 aromatic carbocycles. The van der Waals surface area contributed by atoms with Crippen LogP contribution in [0.15, 0.2) is 30.3 Å². The van der Waals surface area contributed by atoms with Gasteiger partial charge in [0.05, 0.1) is 6.10 Å². The molecule has 1 N–H and O–H groups in total. The second-order valence-corrected chi connectivity index (χ2v) is 3.40. The lowest BCUT2D eigenvalue weighted by molar-refractivity contribution is 0.146. The van der Waals surface area contributed by atoms with Crippen molar-refractivity contribution in [2.24, 2.45) is 0 Å². The summed E-state index contributed by atoms with van der Waals surface area (Å²) in [5.74, 6) is 2.66. The molecule has 0 aromatic heterocycles. The van der Waals surface area contributed by atoms with E-state index >= 15 is 0 Å². The fourth-order valence-electron chi connectivity index (χ4n) is 1.69. The van der Waals surface area contributed by atoms with E-state index in [0.29, 0.717) is 6.42 Å². The van der Waals surface area contributed by atoms with E-state index in [1.54, 1.807) is 0 Å². The third-order valence-corrected chi connectivity index (χ3v) is 2.46. The van der Waals surface area contributed by atoms with Gasteiger partial charge in [-0.25, -0.2) is 0 Å². The van der Waals surface area contributed by atoms with Gasteiger partial charge >= 0.3 is 0 Å². The average Bonchev–Trinajstić information content (AvgIpc) is 2.21. The van der Waals surface area contributed by atoms with Crippen molar-refractivity contribution in [1.29, 1.82) is 0 Å². The molecule has 0 radical (unpaired) electrons. The number of aliphatic hydroxyl groups is 1. The normalized spacial score (nSPS) is 14.4. The van der Waals surface area contributed by atoms with E-state index in [-0.39, 0.29) is 5.92 Å². The van der Waals surface area contributed by atoms with Gasteiger partial charge in [0.1, 0.15) is 0 Å². The van der Waals surface area contributed by atoms with Crippen molar-refractivity contribution >= 4 is 0 Å². The molecule has 2 atom stereocenters. The van der Waals surface area contributed by atoms with Crippen molar-refractivity contribution in [2.45, 2.75) is 31.8 Å². The van der Waals surface area contributed by atoms with E-state index in [0.717, 1.165) is 12.0 Å². The molecule has 1 heteroatoms. The highest BCUT2D eigenvalue weighted by atomic mass is 16.3. The summed E-state index contributed by atoms with van der Waals surface area (Å²) in [7, 11) is 0. The molecule has 1 rings (SSSR count). The van der Waals surface area contributed by atoms with Crippen molar-refractivity contribution in [3.8, 4) is 12.3 Å². The predicted molar refractivity (Wildman–Crippen MR) is 58.9 cm³/mol. The average molecular weight is 188 g/mol. The van der Waals surface area contributed by atoms with Gasteiger partial charge in [-0.2, -0.15) is 0 Å². The lowest BCUT2D eigenvalue weighted by Crippen LogP contribution is -2.17. The third-order valence-electron chi connectivity index (χ3n) is 2.46. The fraction of sp³-hybridized carbons (Fsp3) is 0.385. The maximum Gasteiger partial charge on any atom is 0.0717 e. The minimum Gasteiger partial charge on any atom is -0.391 e. The summed E-state index contributed by atoms with van der Waals surface area (Å²) in [6.45, 7) is 2.07. The van der Waals surface area contributed by atoms with Gasteiger partial charge in [0.15, 0.2) is 0 Å². The Morgan fingerprint density at radius 1 is 1.36 bits per heavy atom. The number of rotatable bonds is 4. The molecule has 0 aliphatic heterocycles. The van der Waals surface area contributed by atoms with Gasteiger partial charge in [0.25, 0.3) is 0 Å². The molecule has 2 unspecified atom stereocenters. The molecule has 1 nitrogen and oxygen atoms in total. The van der Waals surface area contributed by atoms with Gasteiger partial charge in [-0.15, -0.1) is 12.3 Å². The highest BCUT2D eigenvalue weighted by Gasteiger charge is 2.17. The van der Waals surface area contributed by atoms with Gasteiger partial charge in [-0.3, -0.25) is 0 Å². The Morgan fingerprint density at radius 2 is 2.00 bits per heavy atom. The molecule has 14 heavy (non-hydrogen) atoms. The fourth-order valence-corrected chi connectivity index (χ4v) is 1.69. The van der Waals surface area contributed by atoms with E-state index in [9.17, 15) is 5.11 Å². The molecule has 0 bridgehead atoms. The summed E-state index contributed by atoms with van der Waals surface area (Å²) in [5, 5.41) is 9.82. The van der Waals surface area contributed by atoms with Crippen LogP contribution in [-0.2, 0) is 0 Å². The Labute approximate surface area is 85.8 Å². The standard InChI is InChI=1S/C13H16O/c1-3-8-13(14)12(4-2)11-9-6-5-7-10-11/h1,5-7,9-10,12-14H,4,8H2,2H3. The number of aliphatic hydroxyl groups excluding tert-OH is 1. The first-order chi connectivity index (χ1) is 6.79. The zero-order chi connectivity index (χ0) is 10.4. The summed E-state index contributed by atoms with van der Waals surface area (Å²) in [6.07, 6.45) is 6.10. The van der Waals surface area contributed by atoms with Crippen LogP contribution in [0.3, 0.4) is 0 Å². The molecule has 0 saturated heterocycles. The lowest BCUT2D eigenvalue weighted by Gasteiger charge is -2.20. The highest BCUT2D eigenvalue weighted by Crippen LogP contribution is 2.24. The van der Waals surface area contributed by atoms with Crippen LogP contribution in [0.2, 0.25) is 0 Å². The van der Waals surface area contributed by atoms with Gasteiger partial charge in [-0.05, 0) is 12.0 Å². The summed E-state index contributed by atoms with van der Waals surface area (Å²) in [5.41, 5.74) is 1.16. The quantitative estimate of drug-likeness (QED) is 0.720. The Bertz CT molecular complexity index is 297. The molecule has 0 aliphatic rings. The van der Waals surface area contributed by atoms with E-state index in [1.807, 2.05) is 30.3 Å². The Balaban J connectivity index is 2.78. The van der Waals surface area contributed by atoms with Crippen LogP contribution < -0.4 is 0 Å². The van der Waals surface area contributed by atoms with Crippen LogP contribution in [0.1, 0.15) is 31.2 Å². The first kappa shape index (κ1) is 10.8. The molecular formula is C13H16O. The highest BCUT2D eigenvalue weighted by molar-refractivity contribution is 5.21. The molecule has 1 aromatic rings. The Kier molecular flexibility index (Phi) is 4.22. The van der Waals surface area contributed by atoms with Crippen molar-refractivity contribution in [2.75, 3.05) is 0 Å². The second kappa shape index (κ2) is 5.47. The van der Waals surface area contributed by atoms with Crippen molar-refractivity contribution in [3.63, 3.8) is 0 Å². The Morgan fingerprint density at radius 3 is 2.50 bits per heavy atom. The predicted octanol–water partition coefficient (Wildman–Crippen LogP) is 2.56. The second-order valence-electron chi connectivity index (χ2n) is 3.40. The number of hydrogen-bond acceptors (Lipinski definition) is 1. The summed E-state index contributed by atoms with van der Waals surface area (Å²) >= 11 is 0. The zero-order valence-corrected chi connectivity index (χ0v) is 8.48. The number of benzene rings is 1. The van der Waals surface area contributed by atoms with E-state index < -0.39 is 6.10 Å². The SMILES string of the molecule is C#CCC(O)C(CC)c1ccccc1. The van der Waals surface area contributed by atoms with E-state index in [1.165, 1.54) is 0 Å². The first-order valence-corrected chi connectivity index (χ1v) is 4.96. The monoisotopic (exact) mass is 188 g/mol. The van der Waals surface area contributed by atoms with E-state index in [2.05, 4.69) is 12.8 Å². The molecule has 74 valence electrons. The largest absolute Gasteiger partial charge is 0.391 e. The van der Waals surface area contributed by atoms with Crippen LogP contribution in [0.5, 0.6) is 0 Å². The van der Waals surface area contributed by atoms with Crippen LogP contribution in [0.25, 0.3) is 0 Å². The molecular weight excluding hydrogens is 172 g/mol.